The van der Waals surface area contributed by atoms with Gasteiger partial charge in [0.15, 0.2) is 5.11 Å². The van der Waals surface area contributed by atoms with Gasteiger partial charge < -0.3 is 10.6 Å². The van der Waals surface area contributed by atoms with Gasteiger partial charge in [0.25, 0.3) is 0 Å². The van der Waals surface area contributed by atoms with E-state index < -0.39 is 0 Å². The minimum Gasteiger partial charge on any atom is -0.363 e. The Morgan fingerprint density at radius 3 is 1.50 bits per heavy atom. The fourth-order valence-corrected chi connectivity index (χ4v) is 2.54. The molecule has 2 aromatic carbocycles. The molecule has 0 radical (unpaired) electrons. The van der Waals surface area contributed by atoms with E-state index in [-0.39, 0.29) is 0 Å². The van der Waals surface area contributed by atoms with E-state index in [1.807, 2.05) is 0 Å². The van der Waals surface area contributed by atoms with Gasteiger partial charge in [0.1, 0.15) is 0 Å². The zero-order valence-electron chi connectivity index (χ0n) is 12.9. The molecule has 22 heavy (non-hydrogen) atoms. The number of thiocarbonyl (C=S) groups is 1. The highest BCUT2D eigenvalue weighted by Gasteiger charge is 1.97. The standard InChI is InChI=1S/C19H24N2S/c22-19(20-15-7-13-17-9-3-1-4-10-17)21-16-8-14-18-11-5-2-6-12-18/h1-6,9-12H,7-8,13-16H2,(H2,20,21,22). The molecule has 0 fully saturated rings. The molecule has 0 amide bonds. The molecular formula is C19H24N2S. The van der Waals surface area contributed by atoms with Crippen LogP contribution in [0.5, 0.6) is 0 Å². The molecule has 2 aromatic rings. The Morgan fingerprint density at radius 2 is 1.09 bits per heavy atom. The first-order valence-electron chi connectivity index (χ1n) is 7.94. The van der Waals surface area contributed by atoms with Crippen LogP contribution < -0.4 is 10.6 Å². The van der Waals surface area contributed by atoms with Crippen LogP contribution in [-0.2, 0) is 12.8 Å². The van der Waals surface area contributed by atoms with Crippen molar-refractivity contribution in [3.63, 3.8) is 0 Å². The molecule has 116 valence electrons. The number of hydrogen-bond acceptors (Lipinski definition) is 1. The third-order valence-corrected chi connectivity index (χ3v) is 3.83. The van der Waals surface area contributed by atoms with Crippen molar-refractivity contribution in [3.05, 3.63) is 71.8 Å². The van der Waals surface area contributed by atoms with E-state index in [2.05, 4.69) is 71.3 Å². The molecule has 0 bridgehead atoms. The molecule has 0 saturated carbocycles. The summed E-state index contributed by atoms with van der Waals surface area (Å²) in [6.45, 7) is 1.83. The summed E-state index contributed by atoms with van der Waals surface area (Å²) in [4.78, 5) is 0. The second-order valence-electron chi connectivity index (χ2n) is 5.36. The number of benzene rings is 2. The van der Waals surface area contributed by atoms with Crippen molar-refractivity contribution in [3.8, 4) is 0 Å². The van der Waals surface area contributed by atoms with Crippen molar-refractivity contribution in [2.45, 2.75) is 25.7 Å². The van der Waals surface area contributed by atoms with Crippen LogP contribution in [0.25, 0.3) is 0 Å². The lowest BCUT2D eigenvalue weighted by atomic mass is 10.1. The van der Waals surface area contributed by atoms with Crippen LogP contribution in [0.1, 0.15) is 24.0 Å². The Balaban J connectivity index is 1.49. The Morgan fingerprint density at radius 1 is 0.682 bits per heavy atom. The Bertz CT molecular complexity index is 490. The van der Waals surface area contributed by atoms with Gasteiger partial charge in [0, 0.05) is 13.1 Å². The monoisotopic (exact) mass is 312 g/mol. The minimum absolute atomic E-state index is 0.765. The van der Waals surface area contributed by atoms with Gasteiger partial charge in [-0.1, -0.05) is 60.7 Å². The number of rotatable bonds is 8. The van der Waals surface area contributed by atoms with Crippen molar-refractivity contribution in [1.82, 2.24) is 10.6 Å². The molecule has 0 aliphatic heterocycles. The second-order valence-corrected chi connectivity index (χ2v) is 5.77. The zero-order chi connectivity index (χ0) is 15.5. The lowest BCUT2D eigenvalue weighted by Crippen LogP contribution is -2.36. The summed E-state index contributed by atoms with van der Waals surface area (Å²) < 4.78 is 0. The summed E-state index contributed by atoms with van der Waals surface area (Å²) in [6, 6.07) is 21.1. The van der Waals surface area contributed by atoms with E-state index in [4.69, 9.17) is 12.2 Å². The SMILES string of the molecule is S=C(NCCCc1ccccc1)NCCCc1ccccc1. The summed E-state index contributed by atoms with van der Waals surface area (Å²) in [6.07, 6.45) is 4.36. The van der Waals surface area contributed by atoms with Crippen LogP contribution in [-0.4, -0.2) is 18.2 Å². The molecule has 2 rings (SSSR count). The number of nitrogens with one attached hydrogen (secondary N) is 2. The van der Waals surface area contributed by atoms with Crippen LogP contribution in [0, 0.1) is 0 Å². The maximum atomic E-state index is 5.29. The van der Waals surface area contributed by atoms with E-state index in [0.29, 0.717) is 0 Å². The Kier molecular flexibility index (Phi) is 7.47. The highest BCUT2D eigenvalue weighted by molar-refractivity contribution is 7.80. The van der Waals surface area contributed by atoms with Crippen molar-refractivity contribution < 1.29 is 0 Å². The second kappa shape index (κ2) is 9.96. The topological polar surface area (TPSA) is 24.1 Å². The van der Waals surface area contributed by atoms with Gasteiger partial charge in [0.2, 0.25) is 0 Å². The molecule has 0 saturated heterocycles. The van der Waals surface area contributed by atoms with Crippen molar-refractivity contribution in [1.29, 1.82) is 0 Å². The smallest absolute Gasteiger partial charge is 0.166 e. The van der Waals surface area contributed by atoms with E-state index in [9.17, 15) is 0 Å². The summed E-state index contributed by atoms with van der Waals surface area (Å²) in [5.74, 6) is 0. The molecule has 0 atom stereocenters. The summed E-state index contributed by atoms with van der Waals surface area (Å²) >= 11 is 5.29. The van der Waals surface area contributed by atoms with E-state index in [1.54, 1.807) is 0 Å². The molecule has 0 spiro atoms. The van der Waals surface area contributed by atoms with Crippen LogP contribution in [0.15, 0.2) is 60.7 Å². The third kappa shape index (κ3) is 6.72. The first kappa shape index (κ1) is 16.5. The highest BCUT2D eigenvalue weighted by atomic mass is 32.1. The fourth-order valence-electron chi connectivity index (χ4n) is 2.34. The Hall–Kier alpha value is -1.87. The summed E-state index contributed by atoms with van der Waals surface area (Å²) in [5.41, 5.74) is 2.76. The first-order valence-corrected chi connectivity index (χ1v) is 8.35. The summed E-state index contributed by atoms with van der Waals surface area (Å²) in [5, 5.41) is 7.31. The lowest BCUT2D eigenvalue weighted by Gasteiger charge is -2.10. The fraction of sp³-hybridized carbons (Fsp3) is 0.316. The van der Waals surface area contributed by atoms with Gasteiger partial charge in [-0.15, -0.1) is 0 Å². The van der Waals surface area contributed by atoms with Crippen LogP contribution >= 0.6 is 12.2 Å². The van der Waals surface area contributed by atoms with E-state index in [0.717, 1.165) is 43.9 Å². The van der Waals surface area contributed by atoms with Gasteiger partial charge >= 0.3 is 0 Å². The zero-order valence-corrected chi connectivity index (χ0v) is 13.7. The van der Waals surface area contributed by atoms with E-state index in [1.165, 1.54) is 11.1 Å². The van der Waals surface area contributed by atoms with Crippen molar-refractivity contribution >= 4 is 17.3 Å². The average molecular weight is 312 g/mol. The Labute approximate surface area is 139 Å². The molecule has 0 aliphatic carbocycles. The van der Waals surface area contributed by atoms with Crippen LogP contribution in [0.4, 0.5) is 0 Å². The highest BCUT2D eigenvalue weighted by Crippen LogP contribution is 2.02. The number of aryl methyl sites for hydroxylation is 2. The van der Waals surface area contributed by atoms with Gasteiger partial charge in [-0.3, -0.25) is 0 Å². The van der Waals surface area contributed by atoms with Crippen molar-refractivity contribution in [2.24, 2.45) is 0 Å². The maximum absolute atomic E-state index is 5.29. The largest absolute Gasteiger partial charge is 0.363 e. The van der Waals surface area contributed by atoms with Gasteiger partial charge in [-0.05, 0) is 49.0 Å². The average Bonchev–Trinajstić information content (AvgIpc) is 2.57. The maximum Gasteiger partial charge on any atom is 0.166 e. The predicted octanol–water partition coefficient (Wildman–Crippen LogP) is 3.72. The van der Waals surface area contributed by atoms with Gasteiger partial charge in [-0.25, -0.2) is 0 Å². The molecule has 2 N–H and O–H groups in total. The molecular weight excluding hydrogens is 288 g/mol. The van der Waals surface area contributed by atoms with Gasteiger partial charge in [0.05, 0.1) is 0 Å². The molecule has 0 aromatic heterocycles. The quantitative estimate of drug-likeness (QED) is 0.574. The molecule has 3 heteroatoms. The van der Waals surface area contributed by atoms with Crippen LogP contribution in [0.2, 0.25) is 0 Å². The predicted molar refractivity (Wildman–Crippen MR) is 98.1 cm³/mol. The third-order valence-electron chi connectivity index (χ3n) is 3.54. The molecule has 0 aliphatic rings. The molecule has 0 heterocycles. The molecule has 2 nitrogen and oxygen atoms in total. The normalized spacial score (nSPS) is 10.2. The lowest BCUT2D eigenvalue weighted by molar-refractivity contribution is 0.730. The number of hydrogen-bond donors (Lipinski definition) is 2. The van der Waals surface area contributed by atoms with E-state index >= 15 is 0 Å². The first-order chi connectivity index (χ1) is 10.8. The van der Waals surface area contributed by atoms with Crippen molar-refractivity contribution in [2.75, 3.05) is 13.1 Å². The van der Waals surface area contributed by atoms with Crippen LogP contribution in [0.3, 0.4) is 0 Å². The van der Waals surface area contributed by atoms with Gasteiger partial charge in [-0.2, -0.15) is 0 Å². The molecule has 0 unspecified atom stereocenters. The summed E-state index contributed by atoms with van der Waals surface area (Å²) in [7, 11) is 0. The minimum atomic E-state index is 0.765.